The minimum Gasteiger partial charge on any atom is -0.481 e. The number of nitrogens with zero attached hydrogens (tertiary/aromatic N) is 3. The van der Waals surface area contributed by atoms with Gasteiger partial charge < -0.3 is 10.4 Å². The lowest BCUT2D eigenvalue weighted by atomic mass is 9.74. The van der Waals surface area contributed by atoms with Crippen molar-refractivity contribution < 1.29 is 14.7 Å². The van der Waals surface area contributed by atoms with E-state index >= 15 is 0 Å². The van der Waals surface area contributed by atoms with Crippen molar-refractivity contribution in [1.29, 1.82) is 0 Å². The fraction of sp³-hybridized carbons (Fsp3) is 0.273. The number of amides is 1. The Morgan fingerprint density at radius 3 is 2.31 bits per heavy atom. The lowest BCUT2D eigenvalue weighted by Gasteiger charge is -2.41. The molecule has 4 rings (SSSR count). The number of rotatable bonds is 6. The molecule has 29 heavy (non-hydrogen) atoms. The number of carbonyl (C=O) groups excluding carboxylic acids is 1. The van der Waals surface area contributed by atoms with Crippen LogP contribution in [0.5, 0.6) is 0 Å². The maximum atomic E-state index is 12.7. The van der Waals surface area contributed by atoms with E-state index in [4.69, 9.17) is 5.11 Å². The number of carboxylic acid groups (broad SMARTS) is 1. The molecule has 1 heterocycles. The Balaban J connectivity index is 1.54. The lowest BCUT2D eigenvalue weighted by Crippen LogP contribution is -2.54. The second-order valence-corrected chi connectivity index (χ2v) is 7.51. The van der Waals surface area contributed by atoms with Gasteiger partial charge in [0.15, 0.2) is 5.69 Å². The molecular weight excluding hydrogens is 368 g/mol. The Hall–Kier alpha value is -3.48. The lowest BCUT2D eigenvalue weighted by molar-refractivity contribution is -0.139. The second-order valence-electron chi connectivity index (χ2n) is 7.51. The van der Waals surface area contributed by atoms with Gasteiger partial charge in [-0.05, 0) is 49.4 Å². The molecule has 0 aliphatic heterocycles. The van der Waals surface area contributed by atoms with Crippen molar-refractivity contribution in [3.05, 3.63) is 66.0 Å². The third-order valence-electron chi connectivity index (χ3n) is 5.51. The summed E-state index contributed by atoms with van der Waals surface area (Å²) in [6, 6.07) is 17.9. The normalized spacial score (nSPS) is 14.8. The van der Waals surface area contributed by atoms with Crippen molar-refractivity contribution in [2.75, 3.05) is 0 Å². The van der Waals surface area contributed by atoms with E-state index < -0.39 is 11.5 Å². The standard InChI is InChI=1S/C22H22N4O3/c1-15-20(21(29)23-22(12-5-13-22)14-19(27)28)24-25-26(15)18-10-8-17(9-11-18)16-6-3-2-4-7-16/h2-4,6-11H,5,12-14H2,1H3,(H,23,29)(H,27,28). The van der Waals surface area contributed by atoms with Crippen LogP contribution in [-0.2, 0) is 4.79 Å². The minimum atomic E-state index is -0.913. The molecule has 1 aliphatic carbocycles. The molecule has 1 aliphatic rings. The molecular formula is C22H22N4O3. The van der Waals surface area contributed by atoms with E-state index in [9.17, 15) is 9.59 Å². The highest BCUT2D eigenvalue weighted by molar-refractivity contribution is 5.94. The van der Waals surface area contributed by atoms with E-state index in [0.29, 0.717) is 18.5 Å². The smallest absolute Gasteiger partial charge is 0.305 e. The molecule has 0 spiro atoms. The van der Waals surface area contributed by atoms with Gasteiger partial charge in [0.05, 0.1) is 23.3 Å². The number of nitrogens with one attached hydrogen (secondary N) is 1. The summed E-state index contributed by atoms with van der Waals surface area (Å²) in [5.41, 5.74) is 3.17. The van der Waals surface area contributed by atoms with E-state index in [1.165, 1.54) is 0 Å². The van der Waals surface area contributed by atoms with Gasteiger partial charge in [-0.15, -0.1) is 5.10 Å². The highest BCUT2D eigenvalue weighted by atomic mass is 16.4. The molecule has 7 nitrogen and oxygen atoms in total. The number of aliphatic carboxylic acids is 1. The second kappa shape index (κ2) is 7.50. The number of carbonyl (C=O) groups is 2. The van der Waals surface area contributed by atoms with Gasteiger partial charge in [-0.1, -0.05) is 47.7 Å². The summed E-state index contributed by atoms with van der Waals surface area (Å²) in [5, 5.41) is 20.2. The van der Waals surface area contributed by atoms with Crippen molar-refractivity contribution in [2.24, 2.45) is 0 Å². The Labute approximate surface area is 168 Å². The van der Waals surface area contributed by atoms with Crippen LogP contribution in [0, 0.1) is 6.92 Å². The first-order valence-corrected chi connectivity index (χ1v) is 9.60. The Morgan fingerprint density at radius 1 is 1.07 bits per heavy atom. The molecule has 1 amide bonds. The fourth-order valence-corrected chi connectivity index (χ4v) is 3.75. The monoisotopic (exact) mass is 390 g/mol. The third-order valence-corrected chi connectivity index (χ3v) is 5.51. The Bertz CT molecular complexity index is 1040. The Morgan fingerprint density at radius 2 is 1.72 bits per heavy atom. The van der Waals surface area contributed by atoms with Crippen molar-refractivity contribution in [1.82, 2.24) is 20.3 Å². The molecule has 0 bridgehead atoms. The first kappa shape index (κ1) is 18.9. The number of benzene rings is 2. The zero-order chi connectivity index (χ0) is 20.4. The highest BCUT2D eigenvalue weighted by Gasteiger charge is 2.41. The van der Waals surface area contributed by atoms with Crippen LogP contribution in [0.2, 0.25) is 0 Å². The molecule has 148 valence electrons. The van der Waals surface area contributed by atoms with Gasteiger partial charge >= 0.3 is 5.97 Å². The van der Waals surface area contributed by atoms with Crippen molar-refractivity contribution in [3.63, 3.8) is 0 Å². The molecule has 0 radical (unpaired) electrons. The molecule has 2 N–H and O–H groups in total. The molecule has 3 aromatic rings. The van der Waals surface area contributed by atoms with Crippen LogP contribution < -0.4 is 5.32 Å². The first-order valence-electron chi connectivity index (χ1n) is 9.60. The van der Waals surface area contributed by atoms with Gasteiger partial charge in [0.1, 0.15) is 0 Å². The zero-order valence-electron chi connectivity index (χ0n) is 16.1. The average Bonchev–Trinajstić information content (AvgIpc) is 3.08. The van der Waals surface area contributed by atoms with E-state index in [0.717, 1.165) is 23.2 Å². The van der Waals surface area contributed by atoms with E-state index in [1.54, 1.807) is 11.6 Å². The van der Waals surface area contributed by atoms with Crippen molar-refractivity contribution >= 4 is 11.9 Å². The minimum absolute atomic E-state index is 0.0765. The van der Waals surface area contributed by atoms with Gasteiger partial charge in [-0.3, -0.25) is 9.59 Å². The summed E-state index contributed by atoms with van der Waals surface area (Å²) in [6.07, 6.45) is 2.16. The summed E-state index contributed by atoms with van der Waals surface area (Å²) in [4.78, 5) is 23.8. The summed E-state index contributed by atoms with van der Waals surface area (Å²) in [6.45, 7) is 1.78. The van der Waals surface area contributed by atoms with Crippen LogP contribution in [0.1, 0.15) is 41.9 Å². The predicted molar refractivity (Wildman–Crippen MR) is 108 cm³/mol. The van der Waals surface area contributed by atoms with Crippen LogP contribution in [-0.4, -0.2) is 37.5 Å². The summed E-state index contributed by atoms with van der Waals surface area (Å²) in [5.74, 6) is -1.29. The molecule has 0 saturated heterocycles. The van der Waals surface area contributed by atoms with E-state index in [1.807, 2.05) is 54.6 Å². The third kappa shape index (κ3) is 3.76. The van der Waals surface area contributed by atoms with Gasteiger partial charge in [-0.2, -0.15) is 0 Å². The topological polar surface area (TPSA) is 97.1 Å². The van der Waals surface area contributed by atoms with Gasteiger partial charge in [0, 0.05) is 0 Å². The first-order chi connectivity index (χ1) is 14.0. The van der Waals surface area contributed by atoms with Crippen LogP contribution in [0.25, 0.3) is 16.8 Å². The molecule has 1 fully saturated rings. The average molecular weight is 390 g/mol. The largest absolute Gasteiger partial charge is 0.481 e. The molecule has 1 saturated carbocycles. The fourth-order valence-electron chi connectivity index (χ4n) is 3.75. The van der Waals surface area contributed by atoms with Crippen molar-refractivity contribution in [3.8, 4) is 16.8 Å². The quantitative estimate of drug-likeness (QED) is 0.673. The van der Waals surface area contributed by atoms with Crippen LogP contribution >= 0.6 is 0 Å². The summed E-state index contributed by atoms with van der Waals surface area (Å²) in [7, 11) is 0. The van der Waals surface area contributed by atoms with Crippen LogP contribution in [0.15, 0.2) is 54.6 Å². The molecule has 7 heteroatoms. The van der Waals surface area contributed by atoms with Crippen molar-refractivity contribution in [2.45, 2.75) is 38.1 Å². The SMILES string of the molecule is Cc1c(C(=O)NC2(CC(=O)O)CCC2)nnn1-c1ccc(-c2ccccc2)cc1. The molecule has 1 aromatic heterocycles. The number of aromatic nitrogens is 3. The summed E-state index contributed by atoms with van der Waals surface area (Å²) >= 11 is 0. The van der Waals surface area contributed by atoms with Crippen LogP contribution in [0.3, 0.4) is 0 Å². The number of hydrogen-bond acceptors (Lipinski definition) is 4. The summed E-state index contributed by atoms with van der Waals surface area (Å²) < 4.78 is 1.62. The molecule has 0 atom stereocenters. The predicted octanol–water partition coefficient (Wildman–Crippen LogP) is 3.37. The number of hydrogen-bond donors (Lipinski definition) is 2. The molecule has 0 unspecified atom stereocenters. The van der Waals surface area contributed by atoms with E-state index in [-0.39, 0.29) is 18.0 Å². The molecule has 2 aromatic carbocycles. The maximum absolute atomic E-state index is 12.7. The van der Waals surface area contributed by atoms with Gasteiger partial charge in [0.25, 0.3) is 5.91 Å². The van der Waals surface area contributed by atoms with Gasteiger partial charge in [-0.25, -0.2) is 4.68 Å². The van der Waals surface area contributed by atoms with Crippen LogP contribution in [0.4, 0.5) is 0 Å². The highest BCUT2D eigenvalue weighted by Crippen LogP contribution is 2.35. The zero-order valence-corrected chi connectivity index (χ0v) is 16.1. The van der Waals surface area contributed by atoms with E-state index in [2.05, 4.69) is 15.6 Å². The maximum Gasteiger partial charge on any atom is 0.305 e. The van der Waals surface area contributed by atoms with Gasteiger partial charge in [0.2, 0.25) is 0 Å². The Kier molecular flexibility index (Phi) is 4.88. The number of carboxylic acids is 1.